The molecule has 1 heterocycles. The molecule has 0 unspecified atom stereocenters. The van der Waals surface area contributed by atoms with Crippen molar-refractivity contribution in [3.05, 3.63) is 63.6 Å². The zero-order chi connectivity index (χ0) is 20.7. The average molecular weight is 454 g/mol. The van der Waals surface area contributed by atoms with Crippen molar-refractivity contribution in [3.63, 3.8) is 0 Å². The summed E-state index contributed by atoms with van der Waals surface area (Å²) < 4.78 is 66.0. The number of sulfonamides is 1. The number of nitrogens with zero attached hydrogens (tertiary/aromatic N) is 1. The van der Waals surface area contributed by atoms with Crippen molar-refractivity contribution in [1.29, 1.82) is 0 Å². The third-order valence-electron chi connectivity index (χ3n) is 4.81. The minimum atomic E-state index is -4.66. The van der Waals surface area contributed by atoms with Gasteiger partial charge >= 0.3 is 6.18 Å². The van der Waals surface area contributed by atoms with Crippen LogP contribution in [0.3, 0.4) is 0 Å². The molecule has 28 heavy (non-hydrogen) atoms. The summed E-state index contributed by atoms with van der Waals surface area (Å²) in [5.74, 6) is 0. The fraction of sp³-hybridized carbons (Fsp3) is 0.333. The van der Waals surface area contributed by atoms with E-state index in [2.05, 4.69) is 0 Å². The second kappa shape index (κ2) is 7.50. The summed E-state index contributed by atoms with van der Waals surface area (Å²) >= 11 is 11.6. The molecule has 0 aromatic heterocycles. The Labute approximate surface area is 170 Å². The Morgan fingerprint density at radius 2 is 1.61 bits per heavy atom. The minimum Gasteiger partial charge on any atom is -0.385 e. The van der Waals surface area contributed by atoms with Crippen LogP contribution in [0.2, 0.25) is 10.0 Å². The number of rotatable bonds is 3. The lowest BCUT2D eigenvalue weighted by molar-refractivity contribution is -0.137. The number of halogens is 5. The van der Waals surface area contributed by atoms with E-state index in [1.807, 2.05) is 0 Å². The van der Waals surface area contributed by atoms with Gasteiger partial charge in [0.1, 0.15) is 4.90 Å². The highest BCUT2D eigenvalue weighted by molar-refractivity contribution is 7.89. The first-order valence-electron chi connectivity index (χ1n) is 8.29. The van der Waals surface area contributed by atoms with Gasteiger partial charge in [0, 0.05) is 13.1 Å². The minimum absolute atomic E-state index is 0.0482. The normalized spacial score (nSPS) is 18.2. The topological polar surface area (TPSA) is 57.6 Å². The maximum absolute atomic E-state index is 13.1. The summed E-state index contributed by atoms with van der Waals surface area (Å²) in [5.41, 5.74) is -2.57. The highest BCUT2D eigenvalue weighted by atomic mass is 35.5. The third-order valence-corrected chi connectivity index (χ3v) is 7.54. The van der Waals surface area contributed by atoms with Crippen LogP contribution in [0.1, 0.15) is 24.0 Å². The monoisotopic (exact) mass is 453 g/mol. The molecule has 0 radical (unpaired) electrons. The van der Waals surface area contributed by atoms with E-state index in [0.717, 1.165) is 12.1 Å². The van der Waals surface area contributed by atoms with Crippen molar-refractivity contribution >= 4 is 33.2 Å². The first-order valence-corrected chi connectivity index (χ1v) is 10.5. The van der Waals surface area contributed by atoms with Gasteiger partial charge in [0.25, 0.3) is 0 Å². The van der Waals surface area contributed by atoms with Gasteiger partial charge in [0.2, 0.25) is 10.0 Å². The molecule has 3 rings (SSSR count). The van der Waals surface area contributed by atoms with E-state index in [1.54, 1.807) is 12.1 Å². The van der Waals surface area contributed by atoms with Crippen LogP contribution in [-0.2, 0) is 21.8 Å². The third kappa shape index (κ3) is 4.02. The van der Waals surface area contributed by atoms with E-state index in [-0.39, 0.29) is 41.4 Å². The summed E-state index contributed by atoms with van der Waals surface area (Å²) in [6.45, 7) is -0.123. The molecule has 1 aliphatic heterocycles. The Kier molecular flexibility index (Phi) is 5.73. The van der Waals surface area contributed by atoms with Crippen molar-refractivity contribution in [1.82, 2.24) is 4.31 Å². The van der Waals surface area contributed by atoms with Crippen molar-refractivity contribution in [2.75, 3.05) is 13.1 Å². The molecule has 0 saturated carbocycles. The molecule has 4 nitrogen and oxygen atoms in total. The van der Waals surface area contributed by atoms with Gasteiger partial charge in [0.05, 0.1) is 21.2 Å². The molecular formula is C18H16Cl2F3NO3S. The van der Waals surface area contributed by atoms with Crippen molar-refractivity contribution in [3.8, 4) is 0 Å². The highest BCUT2D eigenvalue weighted by Crippen LogP contribution is 2.40. The van der Waals surface area contributed by atoms with Crippen LogP contribution in [0.4, 0.5) is 13.2 Å². The van der Waals surface area contributed by atoms with Crippen molar-refractivity contribution in [2.45, 2.75) is 29.5 Å². The molecule has 0 spiro atoms. The summed E-state index contributed by atoms with van der Waals surface area (Å²) in [7, 11) is -3.87. The van der Waals surface area contributed by atoms with Gasteiger partial charge in [-0.1, -0.05) is 41.4 Å². The summed E-state index contributed by atoms with van der Waals surface area (Å²) in [5, 5.41) is 10.5. The molecule has 152 valence electrons. The number of hydrogen-bond donors (Lipinski definition) is 1. The van der Waals surface area contributed by atoms with Crippen LogP contribution in [0, 0.1) is 0 Å². The number of piperidine rings is 1. The maximum atomic E-state index is 13.1. The molecule has 10 heteroatoms. The van der Waals surface area contributed by atoms with E-state index in [9.17, 15) is 26.7 Å². The fourth-order valence-corrected chi connectivity index (χ4v) is 5.37. The lowest BCUT2D eigenvalue weighted by Gasteiger charge is -2.38. The standard InChI is InChI=1S/C18H16Cl2F3NO3S/c19-14-6-5-12(11-13(14)18(21,22)23)17(25)7-9-24(10-8-17)28(26,27)16-4-2-1-3-15(16)20/h1-6,11,25H,7-10H2. The van der Waals surface area contributed by atoms with E-state index < -0.39 is 32.4 Å². The lowest BCUT2D eigenvalue weighted by Crippen LogP contribution is -2.45. The van der Waals surface area contributed by atoms with Gasteiger partial charge in [-0.25, -0.2) is 8.42 Å². The van der Waals surface area contributed by atoms with Gasteiger partial charge < -0.3 is 5.11 Å². The van der Waals surface area contributed by atoms with E-state index >= 15 is 0 Å². The van der Waals surface area contributed by atoms with Crippen LogP contribution in [-0.4, -0.2) is 30.9 Å². The van der Waals surface area contributed by atoms with Crippen LogP contribution in [0.15, 0.2) is 47.4 Å². The number of hydrogen-bond acceptors (Lipinski definition) is 3. The van der Waals surface area contributed by atoms with Crippen molar-refractivity contribution < 1.29 is 26.7 Å². The van der Waals surface area contributed by atoms with Gasteiger partial charge in [-0.15, -0.1) is 0 Å². The largest absolute Gasteiger partial charge is 0.417 e. The summed E-state index contributed by atoms with van der Waals surface area (Å²) in [4.78, 5) is -0.0482. The first kappa shape index (κ1) is 21.4. The molecule has 0 bridgehead atoms. The average Bonchev–Trinajstić information content (AvgIpc) is 2.61. The Morgan fingerprint density at radius 3 is 2.18 bits per heavy atom. The number of aliphatic hydroxyl groups is 1. The zero-order valence-corrected chi connectivity index (χ0v) is 16.7. The van der Waals surface area contributed by atoms with E-state index in [0.29, 0.717) is 0 Å². The molecular weight excluding hydrogens is 438 g/mol. The SMILES string of the molecule is O=S(=O)(c1ccccc1Cl)N1CCC(O)(c2ccc(Cl)c(C(F)(F)F)c2)CC1. The van der Waals surface area contributed by atoms with Crippen molar-refractivity contribution in [2.24, 2.45) is 0 Å². The molecule has 1 aliphatic rings. The molecule has 2 aromatic rings. The Hall–Kier alpha value is -1.32. The second-order valence-electron chi connectivity index (χ2n) is 6.56. The zero-order valence-electron chi connectivity index (χ0n) is 14.4. The highest BCUT2D eigenvalue weighted by Gasteiger charge is 2.41. The maximum Gasteiger partial charge on any atom is 0.417 e. The number of alkyl halides is 3. The van der Waals surface area contributed by atoms with E-state index in [4.69, 9.17) is 23.2 Å². The van der Waals surface area contributed by atoms with Gasteiger partial charge in [-0.05, 0) is 42.7 Å². The predicted molar refractivity (Wildman–Crippen MR) is 99.8 cm³/mol. The molecule has 1 N–H and O–H groups in total. The molecule has 1 fully saturated rings. The molecule has 0 aliphatic carbocycles. The van der Waals surface area contributed by atoms with E-state index in [1.165, 1.54) is 22.5 Å². The van der Waals surface area contributed by atoms with Crippen LogP contribution >= 0.6 is 23.2 Å². The van der Waals surface area contributed by atoms with Crippen LogP contribution in [0.5, 0.6) is 0 Å². The van der Waals surface area contributed by atoms with Crippen LogP contribution < -0.4 is 0 Å². The molecule has 0 amide bonds. The smallest absolute Gasteiger partial charge is 0.385 e. The van der Waals surface area contributed by atoms with Gasteiger partial charge in [-0.2, -0.15) is 17.5 Å². The fourth-order valence-electron chi connectivity index (χ4n) is 3.21. The van der Waals surface area contributed by atoms with Gasteiger partial charge in [-0.3, -0.25) is 0 Å². The Bertz CT molecular complexity index is 988. The first-order chi connectivity index (χ1) is 12.9. The van der Waals surface area contributed by atoms with Crippen LogP contribution in [0.25, 0.3) is 0 Å². The van der Waals surface area contributed by atoms with Gasteiger partial charge in [0.15, 0.2) is 0 Å². The Morgan fingerprint density at radius 1 is 1.00 bits per heavy atom. The summed E-state index contributed by atoms with van der Waals surface area (Å²) in [6, 6.07) is 9.23. The number of benzene rings is 2. The predicted octanol–water partition coefficient (Wildman–Crippen LogP) is 4.68. The quantitative estimate of drug-likeness (QED) is 0.733. The molecule has 1 saturated heterocycles. The lowest BCUT2D eigenvalue weighted by atomic mass is 9.84. The molecule has 0 atom stereocenters. The Balaban J connectivity index is 1.84. The molecule has 2 aromatic carbocycles. The second-order valence-corrected chi connectivity index (χ2v) is 9.28. The summed E-state index contributed by atoms with van der Waals surface area (Å²) in [6.07, 6.45) is -4.78.